The Morgan fingerprint density at radius 1 is 0.500 bits per heavy atom. The van der Waals surface area contributed by atoms with E-state index in [9.17, 15) is 0 Å². The number of rotatable bonds is 6. The molecule has 5 aromatic rings. The van der Waals surface area contributed by atoms with Crippen LogP contribution in [0.1, 0.15) is 69.5 Å². The van der Waals surface area contributed by atoms with E-state index in [1.165, 1.54) is 27.8 Å². The van der Waals surface area contributed by atoms with E-state index < -0.39 is 0 Å². The van der Waals surface area contributed by atoms with Crippen molar-refractivity contribution in [2.45, 2.75) is 41.5 Å². The molecule has 44 heavy (non-hydrogen) atoms. The molecule has 0 saturated heterocycles. The maximum absolute atomic E-state index is 4.37. The van der Waals surface area contributed by atoms with E-state index in [0.717, 1.165) is 39.0 Å². The molecule has 0 fully saturated rings. The standard InChI is InChI=1S/C25H24N2.C7H7N.C6H7N.C2H6/c1-7-23-20(6)24(18(4)21-8-12-26-13-9-21)16(2)17(3)25(23)19(5)22-10-14-27-15-11-22;1-2-7-3-5-8-6-4-7;1-6-2-4-7-5-3-6;1-2/h7-15H,1,4-5H2,2-3,6H3;2-6H,1H2;2-5H,1H3;1-2H3. The first-order chi connectivity index (χ1) is 21.3. The molecule has 0 aliphatic heterocycles. The van der Waals surface area contributed by atoms with Crippen molar-refractivity contribution >= 4 is 23.3 Å². The van der Waals surface area contributed by atoms with Crippen LogP contribution in [0.4, 0.5) is 0 Å². The van der Waals surface area contributed by atoms with Crippen molar-refractivity contribution in [1.82, 2.24) is 19.9 Å². The Hall–Kier alpha value is -5.22. The van der Waals surface area contributed by atoms with E-state index in [1.54, 1.807) is 55.7 Å². The Labute approximate surface area is 264 Å². The first-order valence-corrected chi connectivity index (χ1v) is 14.6. The number of aromatic nitrogens is 4. The highest BCUT2D eigenvalue weighted by Crippen LogP contribution is 2.38. The summed E-state index contributed by atoms with van der Waals surface area (Å²) in [7, 11) is 0. The van der Waals surface area contributed by atoms with E-state index in [4.69, 9.17) is 0 Å². The molecule has 0 radical (unpaired) electrons. The SMILES string of the molecule is C=Cc1c(C)c(C(=C)c2ccncc2)c(C)c(C)c1C(=C)c1ccncc1.C=Cc1ccncc1.CC.Cc1ccncc1. The smallest absolute Gasteiger partial charge is 0.0273 e. The van der Waals surface area contributed by atoms with Crippen LogP contribution in [0.15, 0.2) is 124 Å². The van der Waals surface area contributed by atoms with Crippen LogP contribution < -0.4 is 0 Å². The van der Waals surface area contributed by atoms with Gasteiger partial charge >= 0.3 is 0 Å². The van der Waals surface area contributed by atoms with Gasteiger partial charge in [-0.25, -0.2) is 0 Å². The van der Waals surface area contributed by atoms with Crippen LogP contribution in [0.2, 0.25) is 0 Å². The molecule has 0 saturated carbocycles. The highest BCUT2D eigenvalue weighted by atomic mass is 14.6. The number of aryl methyl sites for hydroxylation is 1. The Morgan fingerprint density at radius 3 is 1.20 bits per heavy atom. The fourth-order valence-electron chi connectivity index (χ4n) is 4.60. The van der Waals surface area contributed by atoms with Crippen LogP contribution in [0.25, 0.3) is 23.3 Å². The monoisotopic (exact) mass is 580 g/mol. The molecule has 4 aromatic heterocycles. The number of benzene rings is 1. The molecular formula is C40H44N4. The lowest BCUT2D eigenvalue weighted by Crippen LogP contribution is -2.05. The van der Waals surface area contributed by atoms with E-state index in [2.05, 4.69) is 67.0 Å². The average Bonchev–Trinajstić information content (AvgIpc) is 3.09. The summed E-state index contributed by atoms with van der Waals surface area (Å²) in [5.41, 5.74) is 13.5. The molecule has 0 unspecified atom stereocenters. The normalized spacial score (nSPS) is 9.50. The van der Waals surface area contributed by atoms with Gasteiger partial charge in [-0.3, -0.25) is 19.9 Å². The third-order valence-electron chi connectivity index (χ3n) is 7.01. The summed E-state index contributed by atoms with van der Waals surface area (Å²) in [5, 5.41) is 0. The summed E-state index contributed by atoms with van der Waals surface area (Å²) in [6.45, 7) is 28.9. The molecule has 1 aromatic carbocycles. The van der Waals surface area contributed by atoms with Gasteiger partial charge in [0.25, 0.3) is 0 Å². The molecule has 4 nitrogen and oxygen atoms in total. The lowest BCUT2D eigenvalue weighted by atomic mass is 9.81. The third kappa shape index (κ3) is 9.40. The fourth-order valence-corrected chi connectivity index (χ4v) is 4.60. The molecule has 0 amide bonds. The molecule has 0 N–H and O–H groups in total. The van der Waals surface area contributed by atoms with Crippen LogP contribution in [-0.4, -0.2) is 19.9 Å². The minimum Gasteiger partial charge on any atom is -0.265 e. The van der Waals surface area contributed by atoms with Crippen molar-refractivity contribution in [2.24, 2.45) is 0 Å². The van der Waals surface area contributed by atoms with Crippen molar-refractivity contribution in [3.8, 4) is 0 Å². The van der Waals surface area contributed by atoms with Gasteiger partial charge in [-0.2, -0.15) is 0 Å². The zero-order chi connectivity index (χ0) is 32.5. The Balaban J connectivity index is 0.000000321. The molecule has 0 atom stereocenters. The number of nitrogens with zero attached hydrogens (tertiary/aromatic N) is 4. The Morgan fingerprint density at radius 2 is 0.864 bits per heavy atom. The zero-order valence-corrected chi connectivity index (χ0v) is 27.0. The van der Waals surface area contributed by atoms with Crippen LogP contribution in [0.5, 0.6) is 0 Å². The second-order valence-electron chi connectivity index (χ2n) is 9.68. The van der Waals surface area contributed by atoms with Crippen LogP contribution in [0.3, 0.4) is 0 Å². The van der Waals surface area contributed by atoms with Crippen molar-refractivity contribution < 1.29 is 0 Å². The summed E-state index contributed by atoms with van der Waals surface area (Å²) >= 11 is 0. The van der Waals surface area contributed by atoms with Crippen molar-refractivity contribution in [1.29, 1.82) is 0 Å². The van der Waals surface area contributed by atoms with Gasteiger partial charge in [0, 0.05) is 49.6 Å². The molecule has 0 bridgehead atoms. The molecular weight excluding hydrogens is 536 g/mol. The highest BCUT2D eigenvalue weighted by Gasteiger charge is 2.20. The predicted molar refractivity (Wildman–Crippen MR) is 190 cm³/mol. The van der Waals surface area contributed by atoms with Crippen molar-refractivity contribution in [3.05, 3.63) is 180 Å². The van der Waals surface area contributed by atoms with Gasteiger partial charge in [-0.15, -0.1) is 0 Å². The van der Waals surface area contributed by atoms with E-state index in [1.807, 2.05) is 75.4 Å². The summed E-state index contributed by atoms with van der Waals surface area (Å²) < 4.78 is 0. The maximum Gasteiger partial charge on any atom is 0.0273 e. The van der Waals surface area contributed by atoms with E-state index in [0.29, 0.717) is 0 Å². The van der Waals surface area contributed by atoms with Gasteiger partial charge in [0.1, 0.15) is 0 Å². The molecule has 4 heteroatoms. The molecule has 0 aliphatic rings. The topological polar surface area (TPSA) is 51.6 Å². The lowest BCUT2D eigenvalue weighted by Gasteiger charge is -2.23. The van der Waals surface area contributed by atoms with Crippen LogP contribution in [0, 0.1) is 27.7 Å². The largest absolute Gasteiger partial charge is 0.265 e. The summed E-state index contributed by atoms with van der Waals surface area (Å²) in [6.07, 6.45) is 18.0. The van der Waals surface area contributed by atoms with Gasteiger partial charge in [-0.05, 0) is 143 Å². The number of pyridine rings is 4. The first-order valence-electron chi connectivity index (χ1n) is 14.6. The summed E-state index contributed by atoms with van der Waals surface area (Å²) in [5.74, 6) is 0. The minimum absolute atomic E-state index is 0.983. The molecule has 0 aliphatic carbocycles. The lowest BCUT2D eigenvalue weighted by molar-refractivity contribution is 1.23. The zero-order valence-electron chi connectivity index (χ0n) is 27.0. The minimum atomic E-state index is 0.983. The van der Waals surface area contributed by atoms with Gasteiger partial charge in [0.2, 0.25) is 0 Å². The highest BCUT2D eigenvalue weighted by molar-refractivity contribution is 5.91. The molecule has 4 heterocycles. The van der Waals surface area contributed by atoms with Crippen molar-refractivity contribution in [3.63, 3.8) is 0 Å². The van der Waals surface area contributed by atoms with Gasteiger partial charge in [-0.1, -0.05) is 52.3 Å². The maximum atomic E-state index is 4.37. The average molecular weight is 581 g/mol. The number of hydrogen-bond donors (Lipinski definition) is 0. The van der Waals surface area contributed by atoms with Gasteiger partial charge in [0.15, 0.2) is 0 Å². The van der Waals surface area contributed by atoms with Crippen LogP contribution >= 0.6 is 0 Å². The predicted octanol–water partition coefficient (Wildman–Crippen LogP) is 10.3. The third-order valence-corrected chi connectivity index (χ3v) is 7.01. The number of hydrogen-bond acceptors (Lipinski definition) is 4. The molecule has 0 spiro atoms. The Bertz CT molecular complexity index is 1640. The van der Waals surface area contributed by atoms with Gasteiger partial charge in [0.05, 0.1) is 0 Å². The van der Waals surface area contributed by atoms with Gasteiger partial charge < -0.3 is 0 Å². The summed E-state index contributed by atoms with van der Waals surface area (Å²) in [4.78, 5) is 15.9. The molecule has 224 valence electrons. The summed E-state index contributed by atoms with van der Waals surface area (Å²) in [6, 6.07) is 15.7. The second-order valence-corrected chi connectivity index (χ2v) is 9.68. The Kier molecular flexibility index (Phi) is 14.6. The quantitative estimate of drug-likeness (QED) is 0.200. The fraction of sp³-hybridized carbons (Fsp3) is 0.150. The van der Waals surface area contributed by atoms with Crippen LogP contribution in [-0.2, 0) is 0 Å². The van der Waals surface area contributed by atoms with E-state index in [-0.39, 0.29) is 0 Å². The van der Waals surface area contributed by atoms with Crippen molar-refractivity contribution in [2.75, 3.05) is 0 Å². The first kappa shape index (κ1) is 35.0. The second kappa shape index (κ2) is 18.3. The van der Waals surface area contributed by atoms with E-state index >= 15 is 0 Å². The molecule has 5 rings (SSSR count).